The first-order chi connectivity index (χ1) is 6.27. The third-order valence-electron chi connectivity index (χ3n) is 2.21. The van der Waals surface area contributed by atoms with Crippen LogP contribution >= 0.6 is 27.3 Å². The lowest BCUT2D eigenvalue weighted by molar-refractivity contribution is 0.00853. The lowest BCUT2D eigenvalue weighted by atomic mass is 10.1. The van der Waals surface area contributed by atoms with Crippen molar-refractivity contribution in [1.29, 1.82) is 0 Å². The summed E-state index contributed by atoms with van der Waals surface area (Å²) in [7, 11) is 0. The number of rotatable bonds is 1. The number of nitrogens with one attached hydrogen (secondary N) is 1. The van der Waals surface area contributed by atoms with E-state index in [0.29, 0.717) is 6.04 Å². The maximum Gasteiger partial charge on any atom is 0.0750 e. The van der Waals surface area contributed by atoms with E-state index in [2.05, 4.69) is 39.6 Å². The maximum atomic E-state index is 5.58. The zero-order valence-electron chi connectivity index (χ0n) is 7.42. The molecule has 0 amide bonds. The summed E-state index contributed by atoms with van der Waals surface area (Å²) in [5.41, 5.74) is 0. The van der Waals surface area contributed by atoms with Crippen molar-refractivity contribution in [3.8, 4) is 0 Å². The van der Waals surface area contributed by atoms with E-state index in [1.807, 2.05) is 0 Å². The molecule has 2 atom stereocenters. The molecular weight excluding hydrogens is 250 g/mol. The second-order valence-electron chi connectivity index (χ2n) is 3.17. The Morgan fingerprint density at radius 1 is 1.69 bits per heavy atom. The van der Waals surface area contributed by atoms with Crippen molar-refractivity contribution in [1.82, 2.24) is 5.32 Å². The third kappa shape index (κ3) is 2.13. The first-order valence-corrected chi connectivity index (χ1v) is 6.03. The van der Waals surface area contributed by atoms with Crippen LogP contribution in [0.4, 0.5) is 0 Å². The Balaban J connectivity index is 2.14. The van der Waals surface area contributed by atoms with E-state index >= 15 is 0 Å². The molecule has 1 aromatic rings. The van der Waals surface area contributed by atoms with Gasteiger partial charge < -0.3 is 10.1 Å². The predicted molar refractivity (Wildman–Crippen MR) is 58.2 cm³/mol. The molecule has 1 N–H and O–H groups in total. The van der Waals surface area contributed by atoms with Crippen molar-refractivity contribution < 1.29 is 4.74 Å². The van der Waals surface area contributed by atoms with Crippen LogP contribution in [0.15, 0.2) is 15.9 Å². The Morgan fingerprint density at radius 2 is 2.54 bits per heavy atom. The molecule has 0 saturated carbocycles. The van der Waals surface area contributed by atoms with Crippen molar-refractivity contribution in [2.45, 2.75) is 19.1 Å². The van der Waals surface area contributed by atoms with Crippen LogP contribution in [-0.2, 0) is 4.74 Å². The summed E-state index contributed by atoms with van der Waals surface area (Å²) >= 11 is 5.23. The molecule has 0 aromatic carbocycles. The number of hydrogen-bond acceptors (Lipinski definition) is 3. The minimum atomic E-state index is 0.277. The predicted octanol–water partition coefficient (Wildman–Crippen LogP) is 2.56. The van der Waals surface area contributed by atoms with E-state index in [1.165, 1.54) is 4.88 Å². The van der Waals surface area contributed by atoms with Gasteiger partial charge >= 0.3 is 0 Å². The lowest BCUT2D eigenvalue weighted by Gasteiger charge is -2.29. The van der Waals surface area contributed by atoms with E-state index in [9.17, 15) is 0 Å². The van der Waals surface area contributed by atoms with Gasteiger partial charge in [0.25, 0.3) is 0 Å². The van der Waals surface area contributed by atoms with Gasteiger partial charge in [-0.25, -0.2) is 0 Å². The maximum absolute atomic E-state index is 5.58. The highest BCUT2D eigenvalue weighted by atomic mass is 79.9. The molecule has 0 radical (unpaired) electrons. The Bertz CT molecular complexity index is 289. The molecule has 72 valence electrons. The van der Waals surface area contributed by atoms with Gasteiger partial charge in [0.15, 0.2) is 0 Å². The van der Waals surface area contributed by atoms with Crippen LogP contribution in [0.1, 0.15) is 17.8 Å². The van der Waals surface area contributed by atoms with Crippen molar-refractivity contribution in [3.63, 3.8) is 0 Å². The molecule has 1 aromatic heterocycles. The molecule has 1 aliphatic heterocycles. The lowest BCUT2D eigenvalue weighted by Crippen LogP contribution is -2.39. The van der Waals surface area contributed by atoms with E-state index in [1.54, 1.807) is 11.3 Å². The summed E-state index contributed by atoms with van der Waals surface area (Å²) in [6.07, 6.45) is 0.277. The SMILES string of the molecule is CC1OCCNC1c1cc(Br)cs1. The van der Waals surface area contributed by atoms with E-state index in [4.69, 9.17) is 4.74 Å². The topological polar surface area (TPSA) is 21.3 Å². The summed E-state index contributed by atoms with van der Waals surface area (Å²) in [4.78, 5) is 1.35. The Kier molecular flexibility index (Phi) is 3.03. The molecule has 1 aliphatic rings. The summed E-state index contributed by atoms with van der Waals surface area (Å²) < 4.78 is 6.74. The highest BCUT2D eigenvalue weighted by Crippen LogP contribution is 2.29. The number of morpholine rings is 1. The molecule has 0 bridgehead atoms. The molecule has 13 heavy (non-hydrogen) atoms. The summed E-state index contributed by atoms with van der Waals surface area (Å²) in [5, 5.41) is 5.57. The van der Waals surface area contributed by atoms with Gasteiger partial charge in [-0.1, -0.05) is 0 Å². The van der Waals surface area contributed by atoms with Gasteiger partial charge in [0.2, 0.25) is 0 Å². The molecule has 1 fully saturated rings. The fourth-order valence-electron chi connectivity index (χ4n) is 1.54. The van der Waals surface area contributed by atoms with Crippen LogP contribution < -0.4 is 5.32 Å². The van der Waals surface area contributed by atoms with Gasteiger partial charge in [-0.05, 0) is 28.9 Å². The van der Waals surface area contributed by atoms with Crippen molar-refractivity contribution in [2.24, 2.45) is 0 Å². The minimum Gasteiger partial charge on any atom is -0.375 e. The van der Waals surface area contributed by atoms with E-state index < -0.39 is 0 Å². The van der Waals surface area contributed by atoms with Crippen molar-refractivity contribution in [3.05, 3.63) is 20.8 Å². The first kappa shape index (κ1) is 9.65. The standard InChI is InChI=1S/C9H12BrNOS/c1-6-9(11-2-3-12-6)8-4-7(10)5-13-8/h4-6,9,11H,2-3H2,1H3. The van der Waals surface area contributed by atoms with Crippen LogP contribution in [0.25, 0.3) is 0 Å². The van der Waals surface area contributed by atoms with Gasteiger partial charge in [0.05, 0.1) is 18.8 Å². The number of hydrogen-bond donors (Lipinski definition) is 1. The third-order valence-corrected chi connectivity index (χ3v) is 3.99. The fourth-order valence-corrected chi connectivity index (χ4v) is 3.16. The van der Waals surface area contributed by atoms with Crippen LogP contribution in [0.3, 0.4) is 0 Å². The van der Waals surface area contributed by atoms with Crippen molar-refractivity contribution >= 4 is 27.3 Å². The molecular formula is C9H12BrNOS. The van der Waals surface area contributed by atoms with Crippen LogP contribution in [-0.4, -0.2) is 19.3 Å². The Hall–Kier alpha value is 0.1000. The van der Waals surface area contributed by atoms with Crippen LogP contribution in [0, 0.1) is 0 Å². The summed E-state index contributed by atoms with van der Waals surface area (Å²) in [5.74, 6) is 0. The van der Waals surface area contributed by atoms with Gasteiger partial charge in [-0.3, -0.25) is 0 Å². The minimum absolute atomic E-state index is 0.277. The molecule has 2 rings (SSSR count). The Labute approximate surface area is 90.4 Å². The van der Waals surface area contributed by atoms with Gasteiger partial charge in [-0.15, -0.1) is 11.3 Å². The van der Waals surface area contributed by atoms with Gasteiger partial charge in [-0.2, -0.15) is 0 Å². The summed E-state index contributed by atoms with van der Waals surface area (Å²) in [6.45, 7) is 3.89. The molecule has 2 unspecified atom stereocenters. The molecule has 0 spiro atoms. The van der Waals surface area contributed by atoms with Crippen LogP contribution in [0.2, 0.25) is 0 Å². The molecule has 0 aliphatic carbocycles. The zero-order valence-corrected chi connectivity index (χ0v) is 9.82. The smallest absolute Gasteiger partial charge is 0.0750 e. The quantitative estimate of drug-likeness (QED) is 0.839. The second kappa shape index (κ2) is 4.09. The van der Waals surface area contributed by atoms with Gasteiger partial charge in [0, 0.05) is 21.3 Å². The highest BCUT2D eigenvalue weighted by molar-refractivity contribution is 9.10. The molecule has 4 heteroatoms. The van der Waals surface area contributed by atoms with E-state index in [0.717, 1.165) is 17.6 Å². The van der Waals surface area contributed by atoms with Crippen LogP contribution in [0.5, 0.6) is 0 Å². The average Bonchev–Trinajstić information content (AvgIpc) is 2.53. The number of ether oxygens (including phenoxy) is 1. The fraction of sp³-hybridized carbons (Fsp3) is 0.556. The zero-order chi connectivity index (χ0) is 9.26. The molecule has 2 heterocycles. The second-order valence-corrected chi connectivity index (χ2v) is 5.03. The van der Waals surface area contributed by atoms with Gasteiger partial charge in [0.1, 0.15) is 0 Å². The average molecular weight is 262 g/mol. The monoisotopic (exact) mass is 261 g/mol. The molecule has 2 nitrogen and oxygen atoms in total. The number of thiophene rings is 1. The first-order valence-electron chi connectivity index (χ1n) is 4.36. The summed E-state index contributed by atoms with van der Waals surface area (Å²) in [6, 6.07) is 2.53. The largest absolute Gasteiger partial charge is 0.375 e. The highest BCUT2D eigenvalue weighted by Gasteiger charge is 2.24. The Morgan fingerprint density at radius 3 is 3.15 bits per heavy atom. The van der Waals surface area contributed by atoms with Crippen molar-refractivity contribution in [2.75, 3.05) is 13.2 Å². The normalized spacial score (nSPS) is 29.1. The number of halogens is 1. The van der Waals surface area contributed by atoms with E-state index in [-0.39, 0.29) is 6.10 Å². The molecule has 1 saturated heterocycles.